The van der Waals surface area contributed by atoms with Crippen LogP contribution in [0.2, 0.25) is 0 Å². The molecule has 0 bridgehead atoms. The van der Waals surface area contributed by atoms with E-state index in [9.17, 15) is 13.6 Å². The van der Waals surface area contributed by atoms with Gasteiger partial charge in [0.1, 0.15) is 5.82 Å². The summed E-state index contributed by atoms with van der Waals surface area (Å²) in [5.74, 6) is -0.555. The Labute approximate surface area is 202 Å². The fourth-order valence-electron chi connectivity index (χ4n) is 4.58. The van der Waals surface area contributed by atoms with E-state index in [-0.39, 0.29) is 29.5 Å². The van der Waals surface area contributed by atoms with Gasteiger partial charge in [0.25, 0.3) is 0 Å². The van der Waals surface area contributed by atoms with Crippen molar-refractivity contribution in [2.75, 3.05) is 28.6 Å². The Hall–Kier alpha value is -4.01. The molecule has 3 heterocycles. The number of piperidine rings is 1. The molecule has 1 atom stereocenters. The number of benzene rings is 2. The molecule has 2 N–H and O–H groups in total. The summed E-state index contributed by atoms with van der Waals surface area (Å²) >= 11 is 0. The van der Waals surface area contributed by atoms with E-state index in [0.29, 0.717) is 19.6 Å². The number of aromatic nitrogens is 2. The molecule has 1 fully saturated rings. The third-order valence-corrected chi connectivity index (χ3v) is 6.37. The van der Waals surface area contributed by atoms with Gasteiger partial charge in [-0.15, -0.1) is 0 Å². The van der Waals surface area contributed by atoms with E-state index in [1.165, 1.54) is 23.8 Å². The van der Waals surface area contributed by atoms with E-state index < -0.39 is 5.82 Å². The SMILES string of the molecule is C=CC(=O)N1CCC[C@@H](Nc2nc(Nc3ccc4c(c3)CN(c3ccc(F)cc3)C4)ncc2F)C1. The van der Waals surface area contributed by atoms with Crippen LogP contribution < -0.4 is 15.5 Å². The first-order valence-electron chi connectivity index (χ1n) is 11.6. The zero-order valence-electron chi connectivity index (χ0n) is 19.2. The summed E-state index contributed by atoms with van der Waals surface area (Å²) < 4.78 is 27.7. The third kappa shape index (κ3) is 5.08. The lowest BCUT2D eigenvalue weighted by Crippen LogP contribution is -2.44. The topological polar surface area (TPSA) is 73.4 Å². The van der Waals surface area contributed by atoms with Crippen molar-refractivity contribution >= 4 is 29.0 Å². The molecule has 9 heteroatoms. The van der Waals surface area contributed by atoms with E-state index >= 15 is 0 Å². The zero-order chi connectivity index (χ0) is 24.4. The van der Waals surface area contributed by atoms with E-state index in [0.717, 1.165) is 42.5 Å². The number of nitrogens with zero attached hydrogens (tertiary/aromatic N) is 4. The van der Waals surface area contributed by atoms with Crippen LogP contribution in [0.4, 0.5) is 31.9 Å². The quantitative estimate of drug-likeness (QED) is 0.507. The van der Waals surface area contributed by atoms with Crippen LogP contribution in [0.5, 0.6) is 0 Å². The number of likely N-dealkylation sites (tertiary alicyclic amines) is 1. The van der Waals surface area contributed by atoms with Gasteiger partial charge in [0.05, 0.1) is 6.20 Å². The average Bonchev–Trinajstić information content (AvgIpc) is 3.29. The minimum atomic E-state index is -0.549. The van der Waals surface area contributed by atoms with Crippen LogP contribution in [0.25, 0.3) is 0 Å². The van der Waals surface area contributed by atoms with Gasteiger partial charge in [-0.05, 0) is 66.4 Å². The summed E-state index contributed by atoms with van der Waals surface area (Å²) in [6.45, 7) is 6.12. The van der Waals surface area contributed by atoms with Crippen molar-refractivity contribution in [3.8, 4) is 0 Å². The number of hydrogen-bond acceptors (Lipinski definition) is 6. The number of amides is 1. The monoisotopic (exact) mass is 476 g/mol. The van der Waals surface area contributed by atoms with Gasteiger partial charge in [-0.25, -0.2) is 13.8 Å². The van der Waals surface area contributed by atoms with Gasteiger partial charge in [0.15, 0.2) is 11.6 Å². The van der Waals surface area contributed by atoms with Crippen LogP contribution in [0, 0.1) is 11.6 Å². The van der Waals surface area contributed by atoms with E-state index in [1.54, 1.807) is 17.0 Å². The zero-order valence-corrected chi connectivity index (χ0v) is 19.2. The van der Waals surface area contributed by atoms with Crippen LogP contribution in [-0.4, -0.2) is 39.9 Å². The summed E-state index contributed by atoms with van der Waals surface area (Å²) in [5.41, 5.74) is 4.10. The summed E-state index contributed by atoms with van der Waals surface area (Å²) in [6.07, 6.45) is 4.06. The minimum absolute atomic E-state index is 0.101. The number of nitrogens with one attached hydrogen (secondary N) is 2. The normalized spacial score (nSPS) is 17.1. The molecular weight excluding hydrogens is 450 g/mol. The van der Waals surface area contributed by atoms with Crippen LogP contribution in [0.15, 0.2) is 61.3 Å². The highest BCUT2D eigenvalue weighted by atomic mass is 19.1. The average molecular weight is 477 g/mol. The van der Waals surface area contributed by atoms with Gasteiger partial charge in [-0.3, -0.25) is 4.79 Å². The molecule has 3 aromatic rings. The van der Waals surface area contributed by atoms with Crippen LogP contribution in [0.3, 0.4) is 0 Å². The Morgan fingerprint density at radius 2 is 1.91 bits per heavy atom. The third-order valence-electron chi connectivity index (χ3n) is 6.37. The molecule has 35 heavy (non-hydrogen) atoms. The maximum atomic E-state index is 14.5. The van der Waals surface area contributed by atoms with E-state index in [2.05, 4.69) is 32.1 Å². The number of anilines is 4. The molecule has 0 aliphatic carbocycles. The van der Waals surface area contributed by atoms with Crippen molar-refractivity contribution in [1.29, 1.82) is 0 Å². The first kappa shape index (κ1) is 22.8. The molecule has 2 aliphatic rings. The molecule has 2 aromatic carbocycles. The smallest absolute Gasteiger partial charge is 0.246 e. The fraction of sp³-hybridized carbons (Fsp3) is 0.269. The molecule has 1 amide bonds. The second-order valence-electron chi connectivity index (χ2n) is 8.80. The van der Waals surface area contributed by atoms with Crippen molar-refractivity contribution in [2.45, 2.75) is 32.0 Å². The Balaban J connectivity index is 1.26. The van der Waals surface area contributed by atoms with E-state index in [1.807, 2.05) is 18.2 Å². The lowest BCUT2D eigenvalue weighted by atomic mass is 10.1. The summed E-state index contributed by atoms with van der Waals surface area (Å²) in [6, 6.07) is 12.4. The lowest BCUT2D eigenvalue weighted by molar-refractivity contribution is -0.127. The van der Waals surface area contributed by atoms with Crippen molar-refractivity contribution in [2.24, 2.45) is 0 Å². The van der Waals surface area contributed by atoms with Gasteiger partial charge in [0.2, 0.25) is 11.9 Å². The molecule has 180 valence electrons. The lowest BCUT2D eigenvalue weighted by Gasteiger charge is -2.32. The first-order valence-corrected chi connectivity index (χ1v) is 11.6. The van der Waals surface area contributed by atoms with Gasteiger partial charge in [0, 0.05) is 43.6 Å². The van der Waals surface area contributed by atoms with Crippen molar-refractivity contribution in [3.63, 3.8) is 0 Å². The van der Waals surface area contributed by atoms with Gasteiger partial charge < -0.3 is 20.4 Å². The number of carbonyl (C=O) groups is 1. The highest BCUT2D eigenvalue weighted by molar-refractivity contribution is 5.87. The minimum Gasteiger partial charge on any atom is -0.363 e. The molecule has 5 rings (SSSR count). The number of rotatable bonds is 6. The van der Waals surface area contributed by atoms with E-state index in [4.69, 9.17) is 0 Å². The molecule has 2 aliphatic heterocycles. The highest BCUT2D eigenvalue weighted by Gasteiger charge is 2.24. The Bertz CT molecular complexity index is 1250. The number of carbonyl (C=O) groups excluding carboxylic acids is 1. The predicted octanol–water partition coefficient (Wildman–Crippen LogP) is 4.61. The molecule has 0 saturated carbocycles. The molecule has 0 unspecified atom stereocenters. The largest absolute Gasteiger partial charge is 0.363 e. The van der Waals surface area contributed by atoms with Gasteiger partial charge in [-0.2, -0.15) is 4.98 Å². The molecule has 0 radical (unpaired) electrons. The molecular formula is C26H26F2N6O. The van der Waals surface area contributed by atoms with Gasteiger partial charge in [-0.1, -0.05) is 12.6 Å². The standard InChI is InChI=1S/C26H26F2N6O/c1-2-24(35)33-11-3-4-21(16-33)30-25-23(28)13-29-26(32-25)31-20-8-5-17-14-34(15-18(17)12-20)22-9-6-19(27)7-10-22/h2,5-10,12-13,21H,1,3-4,11,14-16H2,(H2,29,30,31,32)/t21-/m1/s1. The van der Waals surface area contributed by atoms with Crippen molar-refractivity contribution < 1.29 is 13.6 Å². The summed E-state index contributed by atoms with van der Waals surface area (Å²) in [7, 11) is 0. The second-order valence-corrected chi connectivity index (χ2v) is 8.80. The molecule has 0 spiro atoms. The maximum absolute atomic E-state index is 14.5. The second kappa shape index (κ2) is 9.69. The summed E-state index contributed by atoms with van der Waals surface area (Å²) in [4.78, 5) is 24.2. The summed E-state index contributed by atoms with van der Waals surface area (Å²) in [5, 5.41) is 6.29. The Morgan fingerprint density at radius 1 is 1.11 bits per heavy atom. The van der Waals surface area contributed by atoms with Crippen LogP contribution in [-0.2, 0) is 17.9 Å². The van der Waals surface area contributed by atoms with Crippen LogP contribution in [0.1, 0.15) is 24.0 Å². The van der Waals surface area contributed by atoms with Crippen LogP contribution >= 0.6 is 0 Å². The Kier molecular flexibility index (Phi) is 6.31. The highest BCUT2D eigenvalue weighted by Crippen LogP contribution is 2.31. The number of hydrogen-bond donors (Lipinski definition) is 2. The molecule has 1 aromatic heterocycles. The van der Waals surface area contributed by atoms with Crippen molar-refractivity contribution in [1.82, 2.24) is 14.9 Å². The molecule has 7 nitrogen and oxygen atoms in total. The number of fused-ring (bicyclic) bond motifs is 1. The molecule has 1 saturated heterocycles. The number of halogens is 2. The fourth-order valence-corrected chi connectivity index (χ4v) is 4.58. The maximum Gasteiger partial charge on any atom is 0.246 e. The van der Waals surface area contributed by atoms with Crippen molar-refractivity contribution in [3.05, 3.63) is 84.1 Å². The predicted molar refractivity (Wildman–Crippen MR) is 131 cm³/mol. The van der Waals surface area contributed by atoms with Gasteiger partial charge >= 0.3 is 0 Å². The Morgan fingerprint density at radius 3 is 2.71 bits per heavy atom. The first-order chi connectivity index (χ1) is 17.0.